The third-order valence-electron chi connectivity index (χ3n) is 3.42. The Bertz CT molecular complexity index is 708. The molecule has 0 N–H and O–H groups in total. The summed E-state index contributed by atoms with van der Waals surface area (Å²) in [5.41, 5.74) is 2.35. The minimum absolute atomic E-state index is 0.110. The number of Topliss-reactive ketones (excluding diaryl/α,β-unsaturated/α-hetero) is 1. The molecule has 0 fully saturated rings. The summed E-state index contributed by atoms with van der Waals surface area (Å²) in [6, 6.07) is 9.00. The molecule has 2 aromatic carbocycles. The summed E-state index contributed by atoms with van der Waals surface area (Å²) in [4.78, 5) is 12.5. The summed E-state index contributed by atoms with van der Waals surface area (Å²) in [6.07, 6.45) is 1.08. The van der Waals surface area contributed by atoms with Crippen molar-refractivity contribution in [3.05, 3.63) is 61.5 Å². The number of rotatable bonds is 3. The van der Waals surface area contributed by atoms with Crippen LogP contribution < -0.4 is 4.74 Å². The second kappa shape index (κ2) is 5.99. The number of ketones is 1. The van der Waals surface area contributed by atoms with Crippen molar-refractivity contribution < 1.29 is 9.53 Å². The predicted octanol–water partition coefficient (Wildman–Crippen LogP) is 5.12. The van der Waals surface area contributed by atoms with Crippen LogP contribution in [0, 0.1) is 0 Å². The molecular formula is C16H11BrCl2O2. The molecule has 0 aromatic heterocycles. The van der Waals surface area contributed by atoms with Crippen LogP contribution in [0.1, 0.15) is 21.5 Å². The molecule has 1 aliphatic rings. The largest absolute Gasteiger partial charge is 0.493 e. The van der Waals surface area contributed by atoms with Crippen LogP contribution in [0.15, 0.2) is 34.8 Å². The first-order valence-corrected chi connectivity index (χ1v) is 8.02. The van der Waals surface area contributed by atoms with Gasteiger partial charge in [0.15, 0.2) is 5.78 Å². The summed E-state index contributed by atoms with van der Waals surface area (Å²) in [6.45, 7) is 0.653. The molecule has 1 heterocycles. The monoisotopic (exact) mass is 384 g/mol. The molecule has 3 rings (SSSR count). The van der Waals surface area contributed by atoms with Crippen LogP contribution in [0.2, 0.25) is 10.0 Å². The van der Waals surface area contributed by atoms with Crippen molar-refractivity contribution in [2.75, 3.05) is 6.61 Å². The molecule has 21 heavy (non-hydrogen) atoms. The summed E-state index contributed by atoms with van der Waals surface area (Å²) in [7, 11) is 0. The van der Waals surface area contributed by atoms with E-state index in [4.69, 9.17) is 27.9 Å². The Morgan fingerprint density at radius 2 is 1.95 bits per heavy atom. The maximum Gasteiger partial charge on any atom is 0.170 e. The number of carbonyl (C=O) groups excluding carboxylic acids is 1. The Morgan fingerprint density at radius 3 is 2.67 bits per heavy atom. The molecular weight excluding hydrogens is 375 g/mol. The number of fused-ring (bicyclic) bond motifs is 1. The Kier molecular flexibility index (Phi) is 4.25. The Morgan fingerprint density at radius 1 is 1.24 bits per heavy atom. The second-order valence-corrected chi connectivity index (χ2v) is 6.58. The number of ether oxygens (including phenoxy) is 1. The highest BCUT2D eigenvalue weighted by Gasteiger charge is 2.21. The van der Waals surface area contributed by atoms with E-state index >= 15 is 0 Å². The molecule has 2 nitrogen and oxygen atoms in total. The molecule has 0 saturated carbocycles. The highest BCUT2D eigenvalue weighted by molar-refractivity contribution is 9.10. The van der Waals surface area contributed by atoms with Gasteiger partial charge in [0.1, 0.15) is 5.75 Å². The number of hydrogen-bond acceptors (Lipinski definition) is 2. The molecule has 5 heteroatoms. The number of benzene rings is 2. The van der Waals surface area contributed by atoms with E-state index in [-0.39, 0.29) is 12.2 Å². The highest BCUT2D eigenvalue weighted by Crippen LogP contribution is 2.34. The van der Waals surface area contributed by atoms with E-state index in [2.05, 4.69) is 15.9 Å². The van der Waals surface area contributed by atoms with Crippen LogP contribution in [-0.2, 0) is 12.8 Å². The first-order valence-electron chi connectivity index (χ1n) is 6.47. The van der Waals surface area contributed by atoms with Gasteiger partial charge in [-0.15, -0.1) is 0 Å². The van der Waals surface area contributed by atoms with Crippen LogP contribution in [0.3, 0.4) is 0 Å². The van der Waals surface area contributed by atoms with Crippen LogP contribution >= 0.6 is 39.1 Å². The number of halogens is 3. The van der Waals surface area contributed by atoms with Gasteiger partial charge in [-0.05, 0) is 29.8 Å². The highest BCUT2D eigenvalue weighted by atomic mass is 79.9. The molecule has 0 bridgehead atoms. The van der Waals surface area contributed by atoms with Crippen molar-refractivity contribution in [1.82, 2.24) is 0 Å². The zero-order valence-corrected chi connectivity index (χ0v) is 14.1. The van der Waals surface area contributed by atoms with E-state index in [9.17, 15) is 4.79 Å². The van der Waals surface area contributed by atoms with Crippen molar-refractivity contribution in [2.24, 2.45) is 0 Å². The first kappa shape index (κ1) is 14.9. The lowest BCUT2D eigenvalue weighted by molar-refractivity contribution is 0.0992. The summed E-state index contributed by atoms with van der Waals surface area (Å²) in [5.74, 6) is 0.705. The molecule has 0 spiro atoms. The summed E-state index contributed by atoms with van der Waals surface area (Å²) >= 11 is 15.7. The van der Waals surface area contributed by atoms with E-state index in [1.54, 1.807) is 18.2 Å². The van der Waals surface area contributed by atoms with Crippen molar-refractivity contribution in [3.8, 4) is 5.75 Å². The number of hydrogen-bond donors (Lipinski definition) is 0. The summed E-state index contributed by atoms with van der Waals surface area (Å²) in [5, 5.41) is 0.750. The lowest BCUT2D eigenvalue weighted by atomic mass is 10.00. The third-order valence-corrected chi connectivity index (χ3v) is 4.51. The SMILES string of the molecule is O=C(Cc1cc(Br)cc2c1OCC2)c1c(Cl)cccc1Cl. The molecule has 2 aromatic rings. The Labute approximate surface area is 141 Å². The van der Waals surface area contributed by atoms with E-state index in [1.807, 2.05) is 12.1 Å². The average Bonchev–Trinajstić information content (AvgIpc) is 2.86. The smallest absolute Gasteiger partial charge is 0.170 e. The van der Waals surface area contributed by atoms with Gasteiger partial charge in [0.25, 0.3) is 0 Å². The normalized spacial score (nSPS) is 12.9. The molecule has 1 aliphatic heterocycles. The Hall–Kier alpha value is -1.03. The molecule has 0 atom stereocenters. The van der Waals surface area contributed by atoms with Gasteiger partial charge in [-0.3, -0.25) is 4.79 Å². The van der Waals surface area contributed by atoms with Crippen LogP contribution in [0.25, 0.3) is 0 Å². The van der Waals surface area contributed by atoms with Gasteiger partial charge in [-0.1, -0.05) is 45.2 Å². The second-order valence-electron chi connectivity index (χ2n) is 4.85. The maximum absolute atomic E-state index is 12.5. The minimum atomic E-state index is -0.110. The predicted molar refractivity (Wildman–Crippen MR) is 87.8 cm³/mol. The van der Waals surface area contributed by atoms with Crippen molar-refractivity contribution in [1.29, 1.82) is 0 Å². The fraction of sp³-hybridized carbons (Fsp3) is 0.188. The first-order chi connectivity index (χ1) is 10.1. The summed E-state index contributed by atoms with van der Waals surface area (Å²) < 4.78 is 6.59. The van der Waals surface area contributed by atoms with E-state index in [0.29, 0.717) is 22.2 Å². The Balaban J connectivity index is 1.96. The minimum Gasteiger partial charge on any atom is -0.493 e. The third kappa shape index (κ3) is 2.96. The van der Waals surface area contributed by atoms with Gasteiger partial charge in [0.2, 0.25) is 0 Å². The van der Waals surface area contributed by atoms with E-state index in [1.165, 1.54) is 0 Å². The fourth-order valence-electron chi connectivity index (χ4n) is 2.50. The van der Waals surface area contributed by atoms with Gasteiger partial charge in [-0.2, -0.15) is 0 Å². The standard InChI is InChI=1S/C16H11BrCl2O2/c17-11-6-9-4-5-21-16(9)10(7-11)8-14(20)15-12(18)2-1-3-13(15)19/h1-3,6-7H,4-5,8H2. The molecule has 0 unspecified atom stereocenters. The van der Waals surface area contributed by atoms with Gasteiger partial charge >= 0.3 is 0 Å². The van der Waals surface area contributed by atoms with Crippen molar-refractivity contribution >= 4 is 44.9 Å². The van der Waals surface area contributed by atoms with Gasteiger partial charge in [-0.25, -0.2) is 0 Å². The zero-order valence-electron chi connectivity index (χ0n) is 11.0. The number of carbonyl (C=O) groups is 1. The van der Waals surface area contributed by atoms with Crippen molar-refractivity contribution in [2.45, 2.75) is 12.8 Å². The van der Waals surface area contributed by atoms with Crippen LogP contribution in [0.5, 0.6) is 5.75 Å². The topological polar surface area (TPSA) is 26.3 Å². The molecule has 108 valence electrons. The van der Waals surface area contributed by atoms with Gasteiger partial charge < -0.3 is 4.74 Å². The quantitative estimate of drug-likeness (QED) is 0.685. The van der Waals surface area contributed by atoms with Crippen LogP contribution in [0.4, 0.5) is 0 Å². The maximum atomic E-state index is 12.5. The van der Waals surface area contributed by atoms with E-state index < -0.39 is 0 Å². The van der Waals surface area contributed by atoms with E-state index in [0.717, 1.165) is 27.8 Å². The molecule has 0 aliphatic carbocycles. The van der Waals surface area contributed by atoms with Crippen molar-refractivity contribution in [3.63, 3.8) is 0 Å². The van der Waals surface area contributed by atoms with Gasteiger partial charge in [0, 0.05) is 22.9 Å². The lowest BCUT2D eigenvalue weighted by Crippen LogP contribution is -2.06. The van der Waals surface area contributed by atoms with Crippen LogP contribution in [-0.4, -0.2) is 12.4 Å². The molecule has 0 amide bonds. The zero-order chi connectivity index (χ0) is 15.0. The molecule has 0 radical (unpaired) electrons. The molecule has 0 saturated heterocycles. The lowest BCUT2D eigenvalue weighted by Gasteiger charge is -2.10. The average molecular weight is 386 g/mol. The van der Waals surface area contributed by atoms with Gasteiger partial charge in [0.05, 0.1) is 22.2 Å². The fourth-order valence-corrected chi connectivity index (χ4v) is 3.66.